The standard InChI is InChI=1S/C23H22N4O2/c1-15-4-3-5-21(25-15)26-22(28)11-16-10-19(14-24-13-16)17-6-8-20-18(12-17)7-9-23(29)27(20)2/h3-6,8,10,12-14H,7,9,11H2,1-2H3,(H,25,26,28). The van der Waals surface area contributed by atoms with Crippen molar-refractivity contribution in [1.82, 2.24) is 9.97 Å². The molecule has 0 saturated heterocycles. The second kappa shape index (κ2) is 7.83. The number of amides is 2. The van der Waals surface area contributed by atoms with Crippen LogP contribution in [0.4, 0.5) is 11.5 Å². The number of carbonyl (C=O) groups excluding carboxylic acids is 2. The maximum absolute atomic E-state index is 12.4. The molecule has 146 valence electrons. The van der Waals surface area contributed by atoms with Crippen molar-refractivity contribution in [3.05, 3.63) is 71.7 Å². The van der Waals surface area contributed by atoms with E-state index in [9.17, 15) is 9.59 Å². The molecule has 0 fully saturated rings. The Bertz CT molecular complexity index is 1090. The molecular formula is C23H22N4O2. The number of hydrogen-bond donors (Lipinski definition) is 1. The Morgan fingerprint density at radius 2 is 1.97 bits per heavy atom. The van der Waals surface area contributed by atoms with E-state index in [1.165, 1.54) is 0 Å². The second-order valence-electron chi connectivity index (χ2n) is 7.27. The molecule has 0 spiro atoms. The number of anilines is 2. The van der Waals surface area contributed by atoms with Gasteiger partial charge < -0.3 is 10.2 Å². The molecule has 2 aromatic heterocycles. The van der Waals surface area contributed by atoms with Crippen molar-refractivity contribution in [1.29, 1.82) is 0 Å². The highest BCUT2D eigenvalue weighted by molar-refractivity contribution is 5.96. The minimum atomic E-state index is -0.132. The average molecular weight is 386 g/mol. The second-order valence-corrected chi connectivity index (χ2v) is 7.27. The molecule has 1 aliphatic rings. The first-order valence-corrected chi connectivity index (χ1v) is 9.57. The predicted octanol–water partition coefficient (Wildman–Crippen LogP) is 3.54. The zero-order valence-corrected chi connectivity index (χ0v) is 16.5. The van der Waals surface area contributed by atoms with E-state index < -0.39 is 0 Å². The number of pyridine rings is 2. The molecule has 3 heterocycles. The fourth-order valence-electron chi connectivity index (χ4n) is 3.56. The lowest BCUT2D eigenvalue weighted by Crippen LogP contribution is -2.30. The summed E-state index contributed by atoms with van der Waals surface area (Å²) in [5.74, 6) is 0.558. The molecule has 0 saturated carbocycles. The third kappa shape index (κ3) is 4.16. The molecule has 1 N–H and O–H groups in total. The van der Waals surface area contributed by atoms with Crippen LogP contribution in [0.5, 0.6) is 0 Å². The Morgan fingerprint density at radius 3 is 2.79 bits per heavy atom. The smallest absolute Gasteiger partial charge is 0.230 e. The summed E-state index contributed by atoms with van der Waals surface area (Å²) in [7, 11) is 1.81. The van der Waals surface area contributed by atoms with Crippen LogP contribution >= 0.6 is 0 Å². The molecule has 0 unspecified atom stereocenters. The minimum absolute atomic E-state index is 0.132. The summed E-state index contributed by atoms with van der Waals surface area (Å²) in [5.41, 5.74) is 5.77. The predicted molar refractivity (Wildman–Crippen MR) is 113 cm³/mol. The summed E-state index contributed by atoms with van der Waals surface area (Å²) in [6, 6.07) is 13.6. The summed E-state index contributed by atoms with van der Waals surface area (Å²) in [4.78, 5) is 34.6. The van der Waals surface area contributed by atoms with Crippen molar-refractivity contribution in [3.8, 4) is 11.1 Å². The van der Waals surface area contributed by atoms with Crippen LogP contribution in [0, 0.1) is 6.92 Å². The van der Waals surface area contributed by atoms with E-state index in [-0.39, 0.29) is 18.2 Å². The SMILES string of the molecule is Cc1cccc(NC(=O)Cc2cncc(-c3ccc4c(c3)CCC(=O)N4C)c2)n1. The number of fused-ring (bicyclic) bond motifs is 1. The van der Waals surface area contributed by atoms with E-state index in [0.717, 1.165) is 40.1 Å². The molecule has 6 nitrogen and oxygen atoms in total. The molecule has 0 radical (unpaired) electrons. The summed E-state index contributed by atoms with van der Waals surface area (Å²) in [6.45, 7) is 1.88. The van der Waals surface area contributed by atoms with E-state index in [1.54, 1.807) is 23.4 Å². The molecule has 4 rings (SSSR count). The van der Waals surface area contributed by atoms with Gasteiger partial charge in [0.15, 0.2) is 0 Å². The van der Waals surface area contributed by atoms with Crippen molar-refractivity contribution in [2.24, 2.45) is 0 Å². The lowest BCUT2D eigenvalue weighted by atomic mass is 9.96. The number of nitrogens with one attached hydrogen (secondary N) is 1. The average Bonchev–Trinajstić information content (AvgIpc) is 2.71. The Kier molecular flexibility index (Phi) is 5.08. The van der Waals surface area contributed by atoms with Crippen molar-refractivity contribution in [2.75, 3.05) is 17.3 Å². The lowest BCUT2D eigenvalue weighted by molar-refractivity contribution is -0.118. The van der Waals surface area contributed by atoms with Crippen LogP contribution in [0.2, 0.25) is 0 Å². The van der Waals surface area contributed by atoms with Crippen LogP contribution in [0.3, 0.4) is 0 Å². The van der Waals surface area contributed by atoms with E-state index in [4.69, 9.17) is 0 Å². The van der Waals surface area contributed by atoms with Gasteiger partial charge >= 0.3 is 0 Å². The topological polar surface area (TPSA) is 75.2 Å². The van der Waals surface area contributed by atoms with Crippen molar-refractivity contribution in [3.63, 3.8) is 0 Å². The van der Waals surface area contributed by atoms with Gasteiger partial charge in [0.2, 0.25) is 11.8 Å². The van der Waals surface area contributed by atoms with Crippen LogP contribution in [0.15, 0.2) is 54.9 Å². The third-order valence-corrected chi connectivity index (χ3v) is 5.07. The number of benzene rings is 1. The van der Waals surface area contributed by atoms with Crippen LogP contribution in [0.1, 0.15) is 23.2 Å². The van der Waals surface area contributed by atoms with Crippen molar-refractivity contribution < 1.29 is 9.59 Å². The molecular weight excluding hydrogens is 364 g/mol. The molecule has 3 aromatic rings. The quantitative estimate of drug-likeness (QED) is 0.744. The van der Waals surface area contributed by atoms with Gasteiger partial charge in [0, 0.05) is 42.8 Å². The molecule has 0 atom stereocenters. The van der Waals surface area contributed by atoms with Gasteiger partial charge in [-0.2, -0.15) is 0 Å². The monoisotopic (exact) mass is 386 g/mol. The highest BCUT2D eigenvalue weighted by Gasteiger charge is 2.21. The Balaban J connectivity index is 1.52. The van der Waals surface area contributed by atoms with Crippen molar-refractivity contribution >= 4 is 23.3 Å². The van der Waals surface area contributed by atoms with Crippen LogP contribution < -0.4 is 10.2 Å². The third-order valence-electron chi connectivity index (χ3n) is 5.07. The first-order valence-electron chi connectivity index (χ1n) is 9.57. The first-order chi connectivity index (χ1) is 14.0. The molecule has 1 aromatic carbocycles. The van der Waals surface area contributed by atoms with Crippen LogP contribution in [-0.4, -0.2) is 28.8 Å². The van der Waals surface area contributed by atoms with E-state index in [1.807, 2.05) is 44.3 Å². The van der Waals surface area contributed by atoms with Gasteiger partial charge in [0.25, 0.3) is 0 Å². The Hall–Kier alpha value is -3.54. The van der Waals surface area contributed by atoms with E-state index in [2.05, 4.69) is 21.4 Å². The minimum Gasteiger partial charge on any atom is -0.315 e. The van der Waals surface area contributed by atoms with Gasteiger partial charge in [-0.25, -0.2) is 4.98 Å². The number of nitrogens with zero attached hydrogens (tertiary/aromatic N) is 3. The zero-order chi connectivity index (χ0) is 20.4. The number of hydrogen-bond acceptors (Lipinski definition) is 4. The highest BCUT2D eigenvalue weighted by atomic mass is 16.2. The molecule has 1 aliphatic heterocycles. The Morgan fingerprint density at radius 1 is 1.10 bits per heavy atom. The fraction of sp³-hybridized carbons (Fsp3) is 0.217. The van der Waals surface area contributed by atoms with Gasteiger partial charge in [0.05, 0.1) is 6.42 Å². The normalized spacial score (nSPS) is 13.2. The highest BCUT2D eigenvalue weighted by Crippen LogP contribution is 2.31. The van der Waals surface area contributed by atoms with Gasteiger partial charge in [-0.05, 0) is 60.4 Å². The first kappa shape index (κ1) is 18.8. The largest absolute Gasteiger partial charge is 0.315 e. The van der Waals surface area contributed by atoms with Crippen LogP contribution in [0.25, 0.3) is 11.1 Å². The molecule has 6 heteroatoms. The molecule has 29 heavy (non-hydrogen) atoms. The molecule has 0 aliphatic carbocycles. The maximum atomic E-state index is 12.4. The summed E-state index contributed by atoms with van der Waals surface area (Å²) in [5, 5.41) is 2.83. The maximum Gasteiger partial charge on any atom is 0.230 e. The number of aromatic nitrogens is 2. The fourth-order valence-corrected chi connectivity index (χ4v) is 3.56. The summed E-state index contributed by atoms with van der Waals surface area (Å²) in [6.07, 6.45) is 4.99. The van der Waals surface area contributed by atoms with Gasteiger partial charge in [-0.15, -0.1) is 0 Å². The van der Waals surface area contributed by atoms with Gasteiger partial charge in [-0.1, -0.05) is 12.1 Å². The number of rotatable bonds is 4. The molecule has 2 amide bonds. The number of carbonyl (C=O) groups is 2. The molecule has 0 bridgehead atoms. The lowest BCUT2D eigenvalue weighted by Gasteiger charge is -2.26. The summed E-state index contributed by atoms with van der Waals surface area (Å²) >= 11 is 0. The van der Waals surface area contributed by atoms with E-state index in [0.29, 0.717) is 12.2 Å². The Labute approximate surface area is 169 Å². The van der Waals surface area contributed by atoms with Gasteiger partial charge in [0.1, 0.15) is 5.82 Å². The summed E-state index contributed by atoms with van der Waals surface area (Å²) < 4.78 is 0. The van der Waals surface area contributed by atoms with E-state index >= 15 is 0 Å². The number of aryl methyl sites for hydroxylation is 2. The van der Waals surface area contributed by atoms with Crippen molar-refractivity contribution in [2.45, 2.75) is 26.2 Å². The van der Waals surface area contributed by atoms with Gasteiger partial charge in [-0.3, -0.25) is 14.6 Å². The van der Waals surface area contributed by atoms with Crippen LogP contribution in [-0.2, 0) is 22.4 Å². The zero-order valence-electron chi connectivity index (χ0n) is 16.5.